The first kappa shape index (κ1) is 11.7. The number of aliphatic hydroxyl groups excluding tert-OH is 1. The van der Waals surface area contributed by atoms with Gasteiger partial charge in [-0.25, -0.2) is 4.68 Å². The topological polar surface area (TPSA) is 63.2 Å². The Morgan fingerprint density at radius 3 is 2.94 bits per heavy atom. The molecular weight excluding hydrogens is 218 g/mol. The molecule has 2 aromatic rings. The van der Waals surface area contributed by atoms with Crippen molar-refractivity contribution in [2.24, 2.45) is 0 Å². The molecule has 0 spiro atoms. The fourth-order valence-corrected chi connectivity index (χ4v) is 1.74. The number of aromatic nitrogens is 2. The van der Waals surface area contributed by atoms with E-state index in [1.54, 1.807) is 10.9 Å². The first-order chi connectivity index (χ1) is 8.22. The summed E-state index contributed by atoms with van der Waals surface area (Å²) < 4.78 is 7.05. The first-order valence-electron chi connectivity index (χ1n) is 5.63. The fourth-order valence-electron chi connectivity index (χ4n) is 1.74. The van der Waals surface area contributed by atoms with E-state index in [9.17, 15) is 0 Å². The largest absolute Gasteiger partial charge is 0.467 e. The Labute approximate surface area is 100 Å². The highest BCUT2D eigenvalue weighted by molar-refractivity contribution is 5.46. The molecule has 2 heterocycles. The van der Waals surface area contributed by atoms with Gasteiger partial charge in [-0.05, 0) is 26.0 Å². The van der Waals surface area contributed by atoms with Gasteiger partial charge < -0.3 is 14.8 Å². The summed E-state index contributed by atoms with van der Waals surface area (Å²) in [5.74, 6) is 1.81. The van der Waals surface area contributed by atoms with E-state index in [4.69, 9.17) is 9.52 Å². The minimum Gasteiger partial charge on any atom is -0.467 e. The number of aryl methyl sites for hydroxylation is 1. The summed E-state index contributed by atoms with van der Waals surface area (Å²) in [7, 11) is 0. The zero-order valence-corrected chi connectivity index (χ0v) is 10.1. The Balaban J connectivity index is 2.13. The highest BCUT2D eigenvalue weighted by Crippen LogP contribution is 2.19. The van der Waals surface area contributed by atoms with Gasteiger partial charge in [-0.1, -0.05) is 0 Å². The molecule has 0 aliphatic rings. The number of anilines is 1. The Hall–Kier alpha value is -1.75. The predicted octanol–water partition coefficient (Wildman–Crippen LogP) is 1.70. The lowest BCUT2D eigenvalue weighted by Gasteiger charge is -2.08. The normalized spacial score (nSPS) is 10.8. The molecule has 0 saturated carbocycles. The molecule has 17 heavy (non-hydrogen) atoms. The van der Waals surface area contributed by atoms with Crippen molar-refractivity contribution in [2.45, 2.75) is 26.9 Å². The third-order valence-electron chi connectivity index (χ3n) is 2.75. The van der Waals surface area contributed by atoms with Crippen LogP contribution in [0.3, 0.4) is 0 Å². The summed E-state index contributed by atoms with van der Waals surface area (Å²) >= 11 is 0. The van der Waals surface area contributed by atoms with E-state index in [1.807, 2.05) is 26.0 Å². The number of rotatable bonds is 5. The number of hydrogen-bond donors (Lipinski definition) is 2. The summed E-state index contributed by atoms with van der Waals surface area (Å²) in [5, 5.41) is 16.6. The average molecular weight is 235 g/mol. The molecule has 0 aliphatic heterocycles. The summed E-state index contributed by atoms with van der Waals surface area (Å²) in [6.07, 6.45) is 1.65. The van der Waals surface area contributed by atoms with Gasteiger partial charge in [0.25, 0.3) is 0 Å². The zero-order chi connectivity index (χ0) is 12.3. The lowest BCUT2D eigenvalue weighted by Crippen LogP contribution is -2.10. The number of furan rings is 1. The van der Waals surface area contributed by atoms with Crippen LogP contribution in [0.5, 0.6) is 0 Å². The van der Waals surface area contributed by atoms with Gasteiger partial charge in [0.2, 0.25) is 0 Å². The van der Waals surface area contributed by atoms with Crippen LogP contribution in [-0.2, 0) is 13.1 Å². The molecule has 0 amide bonds. The molecule has 0 saturated heterocycles. The second kappa shape index (κ2) is 5.05. The van der Waals surface area contributed by atoms with Crippen LogP contribution in [-0.4, -0.2) is 21.5 Å². The van der Waals surface area contributed by atoms with Crippen LogP contribution < -0.4 is 5.32 Å². The van der Waals surface area contributed by atoms with Crippen molar-refractivity contribution in [3.63, 3.8) is 0 Å². The van der Waals surface area contributed by atoms with Gasteiger partial charge in [-0.3, -0.25) is 0 Å². The maximum absolute atomic E-state index is 8.99. The molecule has 2 N–H and O–H groups in total. The van der Waals surface area contributed by atoms with Crippen molar-refractivity contribution >= 4 is 5.82 Å². The molecule has 0 bridgehead atoms. The molecule has 2 rings (SSSR count). The molecule has 0 atom stereocenters. The number of hydrogen-bond acceptors (Lipinski definition) is 4. The number of nitrogens with one attached hydrogen (secondary N) is 1. The Bertz CT molecular complexity index is 474. The number of nitrogens with zero attached hydrogens (tertiary/aromatic N) is 2. The third kappa shape index (κ3) is 2.50. The standard InChI is InChI=1S/C12H17N3O2/c1-9-10(2)14-15(5-6-16)12(9)13-8-11-4-3-7-17-11/h3-4,7,13,16H,5-6,8H2,1-2H3. The monoisotopic (exact) mass is 235 g/mol. The zero-order valence-electron chi connectivity index (χ0n) is 10.1. The molecule has 5 heteroatoms. The van der Waals surface area contributed by atoms with Crippen molar-refractivity contribution < 1.29 is 9.52 Å². The van der Waals surface area contributed by atoms with Gasteiger partial charge in [-0.2, -0.15) is 5.10 Å². The third-order valence-corrected chi connectivity index (χ3v) is 2.75. The van der Waals surface area contributed by atoms with E-state index in [2.05, 4.69) is 10.4 Å². The van der Waals surface area contributed by atoms with E-state index < -0.39 is 0 Å². The fraction of sp³-hybridized carbons (Fsp3) is 0.417. The molecule has 0 fully saturated rings. The quantitative estimate of drug-likeness (QED) is 0.828. The smallest absolute Gasteiger partial charge is 0.127 e. The molecule has 0 unspecified atom stereocenters. The van der Waals surface area contributed by atoms with Crippen LogP contribution in [0.1, 0.15) is 17.0 Å². The Morgan fingerprint density at radius 2 is 2.29 bits per heavy atom. The van der Waals surface area contributed by atoms with Crippen molar-refractivity contribution in [3.8, 4) is 0 Å². The lowest BCUT2D eigenvalue weighted by molar-refractivity contribution is 0.270. The summed E-state index contributed by atoms with van der Waals surface area (Å²) in [5.41, 5.74) is 2.07. The summed E-state index contributed by atoms with van der Waals surface area (Å²) in [4.78, 5) is 0. The summed E-state index contributed by atoms with van der Waals surface area (Å²) in [6, 6.07) is 3.78. The second-order valence-electron chi connectivity index (χ2n) is 3.94. The Morgan fingerprint density at radius 1 is 1.47 bits per heavy atom. The highest BCUT2D eigenvalue weighted by atomic mass is 16.3. The maximum Gasteiger partial charge on any atom is 0.127 e. The van der Waals surface area contributed by atoms with Crippen molar-refractivity contribution in [1.29, 1.82) is 0 Å². The van der Waals surface area contributed by atoms with Gasteiger partial charge in [-0.15, -0.1) is 0 Å². The van der Waals surface area contributed by atoms with Crippen LogP contribution in [0.25, 0.3) is 0 Å². The van der Waals surface area contributed by atoms with Crippen LogP contribution in [0.4, 0.5) is 5.82 Å². The van der Waals surface area contributed by atoms with E-state index in [1.165, 1.54) is 0 Å². The molecule has 0 aliphatic carbocycles. The van der Waals surface area contributed by atoms with Crippen LogP contribution in [0.2, 0.25) is 0 Å². The van der Waals surface area contributed by atoms with Crippen LogP contribution in [0.15, 0.2) is 22.8 Å². The molecule has 0 aromatic carbocycles. The van der Waals surface area contributed by atoms with E-state index in [-0.39, 0.29) is 6.61 Å². The molecule has 92 valence electrons. The molecule has 0 radical (unpaired) electrons. The van der Waals surface area contributed by atoms with Gasteiger partial charge >= 0.3 is 0 Å². The molecule has 5 nitrogen and oxygen atoms in total. The minimum absolute atomic E-state index is 0.0794. The first-order valence-corrected chi connectivity index (χ1v) is 5.63. The van der Waals surface area contributed by atoms with Crippen molar-refractivity contribution in [1.82, 2.24) is 9.78 Å². The lowest BCUT2D eigenvalue weighted by atomic mass is 10.3. The molecular formula is C12H17N3O2. The molecule has 2 aromatic heterocycles. The van der Waals surface area contributed by atoms with Crippen LogP contribution >= 0.6 is 0 Å². The van der Waals surface area contributed by atoms with E-state index in [0.717, 1.165) is 22.8 Å². The summed E-state index contributed by atoms with van der Waals surface area (Å²) in [6.45, 7) is 5.16. The second-order valence-corrected chi connectivity index (χ2v) is 3.94. The van der Waals surface area contributed by atoms with Gasteiger partial charge in [0.1, 0.15) is 11.6 Å². The number of aliphatic hydroxyl groups is 1. The van der Waals surface area contributed by atoms with Gasteiger partial charge in [0.15, 0.2) is 0 Å². The average Bonchev–Trinajstić information content (AvgIpc) is 2.89. The predicted molar refractivity (Wildman–Crippen MR) is 64.8 cm³/mol. The van der Waals surface area contributed by atoms with Crippen molar-refractivity contribution in [2.75, 3.05) is 11.9 Å². The highest BCUT2D eigenvalue weighted by Gasteiger charge is 2.11. The van der Waals surface area contributed by atoms with Gasteiger partial charge in [0, 0.05) is 5.56 Å². The van der Waals surface area contributed by atoms with E-state index in [0.29, 0.717) is 13.1 Å². The SMILES string of the molecule is Cc1nn(CCO)c(NCc2ccco2)c1C. The van der Waals surface area contributed by atoms with E-state index >= 15 is 0 Å². The van der Waals surface area contributed by atoms with Gasteiger partial charge in [0.05, 0.1) is 31.7 Å². The minimum atomic E-state index is 0.0794. The maximum atomic E-state index is 8.99. The Kier molecular flexibility index (Phi) is 3.49. The van der Waals surface area contributed by atoms with Crippen molar-refractivity contribution in [3.05, 3.63) is 35.4 Å². The van der Waals surface area contributed by atoms with Crippen LogP contribution in [0, 0.1) is 13.8 Å².